The van der Waals surface area contributed by atoms with E-state index in [1.165, 1.54) is 12.3 Å². The molecule has 1 aliphatic rings. The van der Waals surface area contributed by atoms with E-state index in [1.54, 1.807) is 30.0 Å². The lowest BCUT2D eigenvalue weighted by Crippen LogP contribution is -2.42. The van der Waals surface area contributed by atoms with Crippen molar-refractivity contribution < 1.29 is 13.9 Å². The molecule has 0 radical (unpaired) electrons. The molecule has 8 nitrogen and oxygen atoms in total. The van der Waals surface area contributed by atoms with Crippen molar-refractivity contribution in [2.24, 2.45) is 0 Å². The minimum absolute atomic E-state index is 0.131. The molecular formula is C17H21FN6O2. The van der Waals surface area contributed by atoms with Gasteiger partial charge in [0.25, 0.3) is 0 Å². The summed E-state index contributed by atoms with van der Waals surface area (Å²) in [6.07, 6.45) is 2.67. The summed E-state index contributed by atoms with van der Waals surface area (Å²) in [5.41, 5.74) is 0.321. The van der Waals surface area contributed by atoms with Gasteiger partial charge < -0.3 is 20.3 Å². The smallest absolute Gasteiger partial charge is 0.409 e. The maximum Gasteiger partial charge on any atom is 0.409 e. The Morgan fingerprint density at radius 1 is 1.35 bits per heavy atom. The summed E-state index contributed by atoms with van der Waals surface area (Å²) in [6.45, 7) is 3.38. The van der Waals surface area contributed by atoms with Crippen LogP contribution in [0, 0.1) is 5.82 Å². The van der Waals surface area contributed by atoms with Gasteiger partial charge in [-0.1, -0.05) is 12.1 Å². The molecule has 26 heavy (non-hydrogen) atoms. The van der Waals surface area contributed by atoms with Gasteiger partial charge in [-0.05, 0) is 31.9 Å². The van der Waals surface area contributed by atoms with Crippen molar-refractivity contribution >= 4 is 23.5 Å². The van der Waals surface area contributed by atoms with Crippen molar-refractivity contribution in [3.63, 3.8) is 0 Å². The zero-order valence-electron chi connectivity index (χ0n) is 14.5. The van der Waals surface area contributed by atoms with Gasteiger partial charge in [-0.25, -0.2) is 9.18 Å². The third-order valence-electron chi connectivity index (χ3n) is 4.05. The zero-order chi connectivity index (χ0) is 18.4. The van der Waals surface area contributed by atoms with Crippen LogP contribution in [-0.2, 0) is 4.74 Å². The zero-order valence-corrected chi connectivity index (χ0v) is 14.5. The summed E-state index contributed by atoms with van der Waals surface area (Å²) in [5, 5.41) is 14.0. The number of aromatic nitrogens is 3. The van der Waals surface area contributed by atoms with Gasteiger partial charge in [-0.3, -0.25) is 0 Å². The van der Waals surface area contributed by atoms with Crippen LogP contribution in [-0.4, -0.2) is 51.9 Å². The Bertz CT molecular complexity index is 752. The fraction of sp³-hybridized carbons (Fsp3) is 0.412. The van der Waals surface area contributed by atoms with E-state index in [9.17, 15) is 9.18 Å². The highest BCUT2D eigenvalue weighted by Crippen LogP contribution is 2.19. The second-order valence-corrected chi connectivity index (χ2v) is 5.87. The molecule has 0 saturated carbocycles. The van der Waals surface area contributed by atoms with Crippen LogP contribution in [0.15, 0.2) is 30.5 Å². The van der Waals surface area contributed by atoms with Crippen LogP contribution >= 0.6 is 0 Å². The van der Waals surface area contributed by atoms with Gasteiger partial charge in [0.05, 0.1) is 18.5 Å². The number of hydrogen-bond acceptors (Lipinski definition) is 7. The van der Waals surface area contributed by atoms with Crippen molar-refractivity contribution in [2.75, 3.05) is 30.3 Å². The standard InChI is InChI=1S/C17H21FN6O2/c1-2-26-17(25)24-9-7-12(8-10-24)20-16-22-15(11-19-23-16)21-14-6-4-3-5-13(14)18/h3-6,11-12H,2,7-10H2,1H3,(H2,20,21,22,23). The van der Waals surface area contributed by atoms with Crippen LogP contribution in [0.3, 0.4) is 0 Å². The third-order valence-corrected chi connectivity index (χ3v) is 4.05. The molecule has 138 valence electrons. The molecule has 0 atom stereocenters. The van der Waals surface area contributed by atoms with E-state index in [2.05, 4.69) is 25.8 Å². The normalized spacial score (nSPS) is 14.8. The first-order valence-electron chi connectivity index (χ1n) is 8.55. The molecule has 1 aromatic carbocycles. The van der Waals surface area contributed by atoms with Crippen molar-refractivity contribution in [3.05, 3.63) is 36.3 Å². The molecule has 3 rings (SSSR count). The number of hydrogen-bond donors (Lipinski definition) is 2. The Morgan fingerprint density at radius 2 is 2.12 bits per heavy atom. The number of likely N-dealkylation sites (tertiary alicyclic amines) is 1. The van der Waals surface area contributed by atoms with E-state index in [1.807, 2.05) is 0 Å². The number of piperidine rings is 1. The average molecular weight is 360 g/mol. The summed E-state index contributed by atoms with van der Waals surface area (Å²) in [4.78, 5) is 17.7. The van der Waals surface area contributed by atoms with Gasteiger partial charge in [0.1, 0.15) is 5.82 Å². The third kappa shape index (κ3) is 4.56. The highest BCUT2D eigenvalue weighted by atomic mass is 19.1. The van der Waals surface area contributed by atoms with E-state index in [0.29, 0.717) is 37.1 Å². The first-order valence-corrected chi connectivity index (χ1v) is 8.55. The summed E-state index contributed by atoms with van der Waals surface area (Å²) in [5.74, 6) is 0.393. The molecular weight excluding hydrogens is 339 g/mol. The number of carbonyl (C=O) groups is 1. The highest BCUT2D eigenvalue weighted by molar-refractivity contribution is 5.67. The minimum atomic E-state index is -0.369. The number of anilines is 3. The first kappa shape index (κ1) is 17.8. The van der Waals surface area contributed by atoms with Crippen LogP contribution in [0.2, 0.25) is 0 Å². The molecule has 1 aromatic heterocycles. The SMILES string of the molecule is CCOC(=O)N1CCC(Nc2nncc(Nc3ccccc3F)n2)CC1. The molecule has 1 fully saturated rings. The Hall–Kier alpha value is -2.97. The fourth-order valence-electron chi connectivity index (χ4n) is 2.73. The fourth-order valence-corrected chi connectivity index (χ4v) is 2.73. The number of benzene rings is 1. The molecule has 2 heterocycles. The van der Waals surface area contributed by atoms with Crippen molar-refractivity contribution in [3.8, 4) is 0 Å². The summed E-state index contributed by atoms with van der Waals surface area (Å²) < 4.78 is 18.7. The molecule has 0 unspecified atom stereocenters. The maximum absolute atomic E-state index is 13.7. The van der Waals surface area contributed by atoms with Gasteiger partial charge >= 0.3 is 6.09 Å². The monoisotopic (exact) mass is 360 g/mol. The van der Waals surface area contributed by atoms with Gasteiger partial charge in [0, 0.05) is 19.1 Å². The average Bonchev–Trinajstić information content (AvgIpc) is 2.65. The molecule has 9 heteroatoms. The number of nitrogens with zero attached hydrogens (tertiary/aromatic N) is 4. The lowest BCUT2D eigenvalue weighted by atomic mass is 10.1. The van der Waals surface area contributed by atoms with E-state index in [0.717, 1.165) is 12.8 Å². The Labute approximate surface area is 150 Å². The number of halogens is 1. The number of ether oxygens (including phenoxy) is 1. The predicted molar refractivity (Wildman–Crippen MR) is 94.7 cm³/mol. The van der Waals surface area contributed by atoms with E-state index < -0.39 is 0 Å². The number of amides is 1. The second kappa shape index (κ2) is 8.41. The van der Waals surface area contributed by atoms with Gasteiger partial charge in [0.15, 0.2) is 5.82 Å². The molecule has 1 amide bonds. The van der Waals surface area contributed by atoms with Crippen molar-refractivity contribution in [2.45, 2.75) is 25.8 Å². The van der Waals surface area contributed by atoms with Gasteiger partial charge in [-0.2, -0.15) is 10.1 Å². The topological polar surface area (TPSA) is 92.3 Å². The Morgan fingerprint density at radius 3 is 2.85 bits per heavy atom. The van der Waals surface area contributed by atoms with Crippen LogP contribution in [0.5, 0.6) is 0 Å². The number of nitrogens with one attached hydrogen (secondary N) is 2. The largest absolute Gasteiger partial charge is 0.450 e. The van der Waals surface area contributed by atoms with E-state index >= 15 is 0 Å². The molecule has 0 aliphatic carbocycles. The summed E-state index contributed by atoms with van der Waals surface area (Å²) in [7, 11) is 0. The van der Waals surface area contributed by atoms with Crippen molar-refractivity contribution in [1.29, 1.82) is 0 Å². The summed E-state index contributed by atoms with van der Waals surface area (Å²) >= 11 is 0. The molecule has 1 saturated heterocycles. The lowest BCUT2D eigenvalue weighted by Gasteiger charge is -2.31. The Kier molecular flexibility index (Phi) is 5.77. The molecule has 1 aliphatic heterocycles. The quantitative estimate of drug-likeness (QED) is 0.847. The van der Waals surface area contributed by atoms with Crippen LogP contribution in [0.25, 0.3) is 0 Å². The highest BCUT2D eigenvalue weighted by Gasteiger charge is 2.24. The predicted octanol–water partition coefficient (Wildman–Crippen LogP) is 2.79. The van der Waals surface area contributed by atoms with Gasteiger partial charge in [0.2, 0.25) is 5.95 Å². The molecule has 0 bridgehead atoms. The van der Waals surface area contributed by atoms with E-state index in [-0.39, 0.29) is 18.0 Å². The lowest BCUT2D eigenvalue weighted by molar-refractivity contribution is 0.0983. The van der Waals surface area contributed by atoms with Gasteiger partial charge in [-0.15, -0.1) is 5.10 Å². The van der Waals surface area contributed by atoms with Crippen molar-refractivity contribution in [1.82, 2.24) is 20.1 Å². The molecule has 2 N–H and O–H groups in total. The Balaban J connectivity index is 1.56. The van der Waals surface area contributed by atoms with Crippen LogP contribution in [0.4, 0.5) is 26.6 Å². The second-order valence-electron chi connectivity index (χ2n) is 5.87. The number of rotatable bonds is 5. The number of para-hydroxylation sites is 1. The minimum Gasteiger partial charge on any atom is -0.450 e. The van der Waals surface area contributed by atoms with Crippen LogP contribution in [0.1, 0.15) is 19.8 Å². The number of carbonyl (C=O) groups excluding carboxylic acids is 1. The van der Waals surface area contributed by atoms with Crippen LogP contribution < -0.4 is 10.6 Å². The van der Waals surface area contributed by atoms with E-state index in [4.69, 9.17) is 4.74 Å². The molecule has 0 spiro atoms. The summed E-state index contributed by atoms with van der Waals surface area (Å²) in [6, 6.07) is 6.47. The first-order chi connectivity index (χ1) is 12.7. The molecule has 2 aromatic rings. The maximum atomic E-state index is 13.7.